The van der Waals surface area contributed by atoms with Crippen molar-refractivity contribution in [2.45, 2.75) is 25.3 Å². The number of pyridine rings is 1. The lowest BCUT2D eigenvalue weighted by Crippen LogP contribution is -2.35. The fraction of sp³-hybridized carbons (Fsp3) is 0.263. The highest BCUT2D eigenvalue weighted by Gasteiger charge is 2.32. The van der Waals surface area contributed by atoms with Gasteiger partial charge in [0.2, 0.25) is 5.82 Å². The summed E-state index contributed by atoms with van der Waals surface area (Å²) in [5, 5.41) is 11.8. The first-order valence-corrected chi connectivity index (χ1v) is 9.18. The molecule has 3 aromatic rings. The summed E-state index contributed by atoms with van der Waals surface area (Å²) in [5.74, 6) is 1.13. The van der Waals surface area contributed by atoms with Crippen molar-refractivity contribution in [1.29, 1.82) is 0 Å². The molecule has 8 heteroatoms. The van der Waals surface area contributed by atoms with Crippen molar-refractivity contribution in [2.24, 2.45) is 0 Å². The third-order valence-electron chi connectivity index (χ3n) is 4.78. The molecule has 0 saturated carbocycles. The third kappa shape index (κ3) is 3.50. The van der Waals surface area contributed by atoms with Crippen LogP contribution >= 0.6 is 11.6 Å². The zero-order valence-electron chi connectivity index (χ0n) is 14.5. The Morgan fingerprint density at radius 3 is 2.78 bits per heavy atom. The van der Waals surface area contributed by atoms with Gasteiger partial charge in [-0.15, -0.1) is 0 Å². The molecule has 0 bridgehead atoms. The smallest absolute Gasteiger partial charge is 0.313 e. The van der Waals surface area contributed by atoms with Gasteiger partial charge in [-0.25, -0.2) is 9.97 Å². The molecule has 27 heavy (non-hydrogen) atoms. The Labute approximate surface area is 161 Å². The van der Waals surface area contributed by atoms with Crippen LogP contribution in [0.25, 0.3) is 11.3 Å². The third-order valence-corrected chi connectivity index (χ3v) is 4.99. The molecule has 0 unspecified atom stereocenters. The van der Waals surface area contributed by atoms with Crippen molar-refractivity contribution >= 4 is 23.1 Å². The van der Waals surface area contributed by atoms with Gasteiger partial charge in [-0.2, -0.15) is 0 Å². The van der Waals surface area contributed by atoms with Crippen LogP contribution in [0.5, 0.6) is 0 Å². The van der Waals surface area contributed by atoms with E-state index in [1.807, 2.05) is 35.2 Å². The molecule has 0 spiro atoms. The van der Waals surface area contributed by atoms with Crippen molar-refractivity contribution in [3.05, 3.63) is 69.8 Å². The molecule has 1 N–H and O–H groups in total. The molecule has 0 amide bonds. The number of nitrogens with zero attached hydrogens (tertiary/aromatic N) is 4. The highest BCUT2D eigenvalue weighted by Crippen LogP contribution is 2.38. The number of nitro groups is 1. The lowest BCUT2D eigenvalue weighted by atomic mass is 10.0. The lowest BCUT2D eigenvalue weighted by Gasteiger charge is -2.35. The Morgan fingerprint density at radius 2 is 2.00 bits per heavy atom. The number of rotatable bonds is 4. The number of H-pyrrole nitrogens is 1. The molecule has 1 aromatic carbocycles. The molecule has 1 aliphatic rings. The SMILES string of the molecule is O=[N+]([O-])c1cc(Cl)cnc1N1CCCC[C@H]1c1ncc(-c2ccccc2)[nH]1. The van der Waals surface area contributed by atoms with Gasteiger partial charge in [0.15, 0.2) is 0 Å². The fourth-order valence-electron chi connectivity index (χ4n) is 3.52. The molecular weight excluding hydrogens is 366 g/mol. The van der Waals surface area contributed by atoms with Crippen molar-refractivity contribution in [2.75, 3.05) is 11.4 Å². The summed E-state index contributed by atoms with van der Waals surface area (Å²) in [6.07, 6.45) is 6.09. The number of piperidine rings is 1. The minimum Gasteiger partial charge on any atom is -0.341 e. The van der Waals surface area contributed by atoms with E-state index in [4.69, 9.17) is 11.6 Å². The summed E-state index contributed by atoms with van der Waals surface area (Å²) in [6.45, 7) is 0.682. The summed E-state index contributed by atoms with van der Waals surface area (Å²) in [4.78, 5) is 25.3. The zero-order valence-corrected chi connectivity index (χ0v) is 15.3. The molecule has 3 heterocycles. The zero-order chi connectivity index (χ0) is 18.8. The Kier molecular flexibility index (Phi) is 4.77. The van der Waals surface area contributed by atoms with Gasteiger partial charge in [0.25, 0.3) is 0 Å². The number of aromatic amines is 1. The van der Waals surface area contributed by atoms with Crippen molar-refractivity contribution in [1.82, 2.24) is 15.0 Å². The molecule has 1 atom stereocenters. The standard InChI is InChI=1S/C19H18ClN5O2/c20-14-10-17(25(26)27)19(22-11-14)24-9-5-4-8-16(24)18-21-12-15(23-18)13-6-2-1-3-7-13/h1-3,6-7,10-12,16H,4-5,8-9H2,(H,21,23)/t16-/m0/s1. The van der Waals surface area contributed by atoms with Crippen LogP contribution in [0.15, 0.2) is 48.8 Å². The normalized spacial score (nSPS) is 17.1. The second-order valence-electron chi connectivity index (χ2n) is 6.51. The van der Waals surface area contributed by atoms with Crippen LogP contribution in [0.1, 0.15) is 31.1 Å². The van der Waals surface area contributed by atoms with E-state index < -0.39 is 4.92 Å². The predicted octanol–water partition coefficient (Wildman–Crippen LogP) is 4.76. The Morgan fingerprint density at radius 1 is 1.19 bits per heavy atom. The number of halogens is 1. The van der Waals surface area contributed by atoms with Gasteiger partial charge in [0, 0.05) is 18.8 Å². The number of hydrogen-bond acceptors (Lipinski definition) is 5. The van der Waals surface area contributed by atoms with Gasteiger partial charge in [0.1, 0.15) is 5.82 Å². The van der Waals surface area contributed by atoms with E-state index in [2.05, 4.69) is 15.0 Å². The maximum atomic E-state index is 11.5. The van der Waals surface area contributed by atoms with Crippen molar-refractivity contribution in [3.63, 3.8) is 0 Å². The molecule has 2 aromatic heterocycles. The molecular formula is C19H18ClN5O2. The molecule has 0 radical (unpaired) electrons. The summed E-state index contributed by atoms with van der Waals surface area (Å²) >= 11 is 5.92. The molecule has 138 valence electrons. The van der Waals surface area contributed by atoms with E-state index in [-0.39, 0.29) is 16.8 Å². The molecule has 4 rings (SSSR count). The van der Waals surface area contributed by atoms with E-state index in [1.54, 1.807) is 6.20 Å². The topological polar surface area (TPSA) is 87.9 Å². The van der Waals surface area contributed by atoms with Crippen LogP contribution in [0, 0.1) is 10.1 Å². The van der Waals surface area contributed by atoms with Gasteiger partial charge in [-0.1, -0.05) is 41.9 Å². The highest BCUT2D eigenvalue weighted by molar-refractivity contribution is 6.30. The highest BCUT2D eigenvalue weighted by atomic mass is 35.5. The fourth-order valence-corrected chi connectivity index (χ4v) is 3.67. The maximum absolute atomic E-state index is 11.5. The number of nitrogens with one attached hydrogen (secondary N) is 1. The van der Waals surface area contributed by atoms with Gasteiger partial charge < -0.3 is 9.88 Å². The quantitative estimate of drug-likeness (QED) is 0.518. The lowest BCUT2D eigenvalue weighted by molar-refractivity contribution is -0.384. The summed E-state index contributed by atoms with van der Waals surface area (Å²) < 4.78 is 0. The van der Waals surface area contributed by atoms with Crippen molar-refractivity contribution < 1.29 is 4.92 Å². The number of imidazole rings is 1. The van der Waals surface area contributed by atoms with Gasteiger partial charge in [-0.05, 0) is 24.8 Å². The minimum atomic E-state index is -0.433. The van der Waals surface area contributed by atoms with Gasteiger partial charge in [-0.3, -0.25) is 10.1 Å². The monoisotopic (exact) mass is 383 g/mol. The molecule has 7 nitrogen and oxygen atoms in total. The Hall–Kier alpha value is -2.93. The molecule has 0 aliphatic carbocycles. The van der Waals surface area contributed by atoms with E-state index >= 15 is 0 Å². The van der Waals surface area contributed by atoms with Gasteiger partial charge in [0.05, 0.1) is 27.9 Å². The Bertz CT molecular complexity index is 960. The van der Waals surface area contributed by atoms with Crippen LogP contribution in [0.3, 0.4) is 0 Å². The summed E-state index contributed by atoms with van der Waals surface area (Å²) in [6, 6.07) is 11.2. The first-order valence-electron chi connectivity index (χ1n) is 8.80. The average molecular weight is 384 g/mol. The summed E-state index contributed by atoms with van der Waals surface area (Å²) in [5.41, 5.74) is 1.90. The maximum Gasteiger partial charge on any atom is 0.313 e. The molecule has 1 aliphatic heterocycles. The summed E-state index contributed by atoms with van der Waals surface area (Å²) in [7, 11) is 0. The number of benzene rings is 1. The van der Waals surface area contributed by atoms with Crippen LogP contribution in [-0.2, 0) is 0 Å². The minimum absolute atomic E-state index is 0.0794. The molecule has 1 saturated heterocycles. The first kappa shape index (κ1) is 17.5. The largest absolute Gasteiger partial charge is 0.341 e. The van der Waals surface area contributed by atoms with Crippen LogP contribution in [0.4, 0.5) is 11.5 Å². The number of anilines is 1. The van der Waals surface area contributed by atoms with Crippen LogP contribution < -0.4 is 4.90 Å². The number of hydrogen-bond donors (Lipinski definition) is 1. The Balaban J connectivity index is 1.70. The predicted molar refractivity (Wildman–Crippen MR) is 104 cm³/mol. The first-order chi connectivity index (χ1) is 13.1. The number of aromatic nitrogens is 3. The second kappa shape index (κ2) is 7.36. The average Bonchev–Trinajstić information content (AvgIpc) is 3.19. The molecule has 1 fully saturated rings. The van der Waals surface area contributed by atoms with Crippen LogP contribution in [-0.4, -0.2) is 26.4 Å². The van der Waals surface area contributed by atoms with Crippen molar-refractivity contribution in [3.8, 4) is 11.3 Å². The van der Waals surface area contributed by atoms with Crippen LogP contribution in [0.2, 0.25) is 5.02 Å². The van der Waals surface area contributed by atoms with E-state index in [1.165, 1.54) is 12.3 Å². The van der Waals surface area contributed by atoms with E-state index in [0.29, 0.717) is 12.4 Å². The van der Waals surface area contributed by atoms with E-state index in [9.17, 15) is 10.1 Å². The van der Waals surface area contributed by atoms with Gasteiger partial charge >= 0.3 is 5.69 Å². The second-order valence-corrected chi connectivity index (χ2v) is 6.94. The van der Waals surface area contributed by atoms with E-state index in [0.717, 1.165) is 36.3 Å².